The molecule has 0 spiro atoms. The molecule has 4 N–H and O–H groups in total. The van der Waals surface area contributed by atoms with E-state index in [0.29, 0.717) is 19.3 Å². The first-order chi connectivity index (χ1) is 51.2. The Bertz CT molecular complexity index is 2390. The molecule has 5 atom stereocenters. The van der Waals surface area contributed by atoms with Crippen molar-refractivity contribution in [1.29, 1.82) is 0 Å². The van der Waals surface area contributed by atoms with Crippen LogP contribution in [0.4, 0.5) is 0 Å². The quantitative estimate of drug-likeness (QED) is 0.0146. The van der Waals surface area contributed by atoms with Gasteiger partial charge < -0.3 is 34.2 Å². The molecule has 0 saturated carbocycles. The Balaban J connectivity index is 4.41. The number of carbonyl (C=O) groups is 3. The van der Waals surface area contributed by atoms with Gasteiger partial charge in [0.25, 0.3) is 0 Å². The Kier molecular flexibility index (Phi) is 76.4. The minimum absolute atomic E-state index is 0.104. The molecule has 0 fully saturated rings. The Labute approximate surface area is 640 Å². The molecule has 16 nitrogen and oxygen atoms in total. The summed E-state index contributed by atoms with van der Waals surface area (Å²) in [7, 11) is -9.79. The SMILES string of the molecule is CC/C=C\C/C=C\C/C=C\C/C=C\C/C=C\CCCCCCCCCCCCCCCCCCCC(=O)OCC(O)COP(=O)(O)OCC(O)COP(=O)(O)OCC(COC(=O)CCCCCCCCC/C=C\C/C=C\C/C=C\C/C=C\C/C=C\CC)OC(=O)CCCCCCCCCCCCCCC. The number of ether oxygens (including phenoxy) is 3. The second-order valence-corrected chi connectivity index (χ2v) is 30.8. The van der Waals surface area contributed by atoms with E-state index in [2.05, 4.69) is 142 Å². The topological polar surface area (TPSA) is 231 Å². The summed E-state index contributed by atoms with van der Waals surface area (Å²) in [6.07, 6.45) is 95.4. The highest BCUT2D eigenvalue weighted by Crippen LogP contribution is 2.45. The lowest BCUT2D eigenvalue weighted by Crippen LogP contribution is -2.30. The minimum Gasteiger partial charge on any atom is -0.463 e. The van der Waals surface area contributed by atoms with Gasteiger partial charge in [-0.3, -0.25) is 32.5 Å². The van der Waals surface area contributed by atoms with Crippen molar-refractivity contribution >= 4 is 33.6 Å². The Morgan fingerprint density at radius 1 is 0.276 bits per heavy atom. The summed E-state index contributed by atoms with van der Waals surface area (Å²) in [4.78, 5) is 58.7. The maximum Gasteiger partial charge on any atom is 0.472 e. The van der Waals surface area contributed by atoms with Gasteiger partial charge in [0.05, 0.1) is 26.4 Å². The highest BCUT2D eigenvalue weighted by Gasteiger charge is 2.29. The van der Waals surface area contributed by atoms with Crippen LogP contribution >= 0.6 is 15.6 Å². The fourth-order valence-electron chi connectivity index (χ4n) is 11.4. The van der Waals surface area contributed by atoms with Gasteiger partial charge in [-0.25, -0.2) is 9.13 Å². The third-order valence-corrected chi connectivity index (χ3v) is 19.6. The third-order valence-electron chi connectivity index (χ3n) is 17.7. The first kappa shape index (κ1) is 101. The van der Waals surface area contributed by atoms with Gasteiger partial charge in [-0.05, 0) is 109 Å². The van der Waals surface area contributed by atoms with E-state index >= 15 is 0 Å². The molecule has 0 aromatic carbocycles. The highest BCUT2D eigenvalue weighted by atomic mass is 31.2. The lowest BCUT2D eigenvalue weighted by molar-refractivity contribution is -0.161. The highest BCUT2D eigenvalue weighted by molar-refractivity contribution is 7.47. The summed E-state index contributed by atoms with van der Waals surface area (Å²) in [5.41, 5.74) is 0. The summed E-state index contributed by atoms with van der Waals surface area (Å²) in [6, 6.07) is 0. The van der Waals surface area contributed by atoms with E-state index in [1.807, 2.05) is 0 Å². The van der Waals surface area contributed by atoms with E-state index in [4.69, 9.17) is 32.3 Å². The summed E-state index contributed by atoms with van der Waals surface area (Å²) < 4.78 is 61.2. The van der Waals surface area contributed by atoms with Crippen LogP contribution in [0.2, 0.25) is 0 Å². The molecule has 0 radical (unpaired) electrons. The van der Waals surface area contributed by atoms with Crippen molar-refractivity contribution in [3.63, 3.8) is 0 Å². The number of allylic oxidation sites excluding steroid dienone is 20. The molecule has 0 aliphatic heterocycles. The summed E-state index contributed by atoms with van der Waals surface area (Å²) in [5, 5.41) is 20.7. The lowest BCUT2D eigenvalue weighted by atomic mass is 10.0. The Hall–Kier alpha value is -4.05. The van der Waals surface area contributed by atoms with Crippen LogP contribution in [0.1, 0.15) is 355 Å². The molecule has 0 saturated heterocycles. The molecule has 5 unspecified atom stereocenters. The van der Waals surface area contributed by atoms with Crippen molar-refractivity contribution in [2.24, 2.45) is 0 Å². The molecule has 0 aromatic rings. The van der Waals surface area contributed by atoms with Crippen LogP contribution in [0.25, 0.3) is 0 Å². The largest absolute Gasteiger partial charge is 0.472 e. The number of phosphoric ester groups is 2. The molecule has 0 aliphatic carbocycles. The number of esters is 3. The lowest BCUT2D eigenvalue weighted by Gasteiger charge is -2.21. The molecule has 606 valence electrons. The second-order valence-electron chi connectivity index (χ2n) is 27.9. The van der Waals surface area contributed by atoms with Crippen LogP contribution in [0, 0.1) is 0 Å². The Morgan fingerprint density at radius 2 is 0.505 bits per heavy atom. The van der Waals surface area contributed by atoms with Crippen LogP contribution in [-0.4, -0.2) is 95.9 Å². The molecule has 0 aromatic heterocycles. The number of phosphoric acid groups is 2. The van der Waals surface area contributed by atoms with Crippen molar-refractivity contribution in [3.05, 3.63) is 122 Å². The van der Waals surface area contributed by atoms with Gasteiger partial charge in [0.15, 0.2) is 6.10 Å². The number of rotatable bonds is 79. The van der Waals surface area contributed by atoms with E-state index in [-0.39, 0.29) is 19.3 Å². The standard InChI is InChI=1S/C87H152O16P2/c1-4-7-10-13-16-19-22-25-27-29-31-33-35-36-37-38-39-40-41-42-43-44-46-48-49-51-53-56-58-61-64-67-70-73-85(90)97-76-82(88)77-99-104(93,94)100-78-83(89)79-101-105(95,96)102-81-84(103-87(92)75-72-69-66-63-60-55-24-21-18-15-12-9-6-3)80-98-86(91)74-71-68-65-62-59-57-54-52-50-47-45-34-32-30-28-26-23-20-17-14-11-8-5-2/h7-8,10-11,16-17,19-20,25-28,31-34,36-37,47,50,82-84,88-89H,4-6,9,12-15,18,21-24,29-30,35,38-46,48-49,51-81H2,1-3H3,(H,93,94)(H,95,96)/b10-7-,11-8-,19-16-,20-17-,27-25-,28-26-,33-31-,34-32-,37-36-,50-47-. The fourth-order valence-corrected chi connectivity index (χ4v) is 13.0. The molecule has 0 amide bonds. The smallest absolute Gasteiger partial charge is 0.463 e. The predicted octanol–water partition coefficient (Wildman–Crippen LogP) is 24.9. The summed E-state index contributed by atoms with van der Waals surface area (Å²) >= 11 is 0. The van der Waals surface area contributed by atoms with Gasteiger partial charge in [0.1, 0.15) is 25.4 Å². The van der Waals surface area contributed by atoms with E-state index in [1.54, 1.807) is 0 Å². The number of unbranched alkanes of at least 4 members (excludes halogenated alkanes) is 36. The predicted molar refractivity (Wildman–Crippen MR) is 436 cm³/mol. The third kappa shape index (κ3) is 80.8. The van der Waals surface area contributed by atoms with Gasteiger partial charge >= 0.3 is 33.6 Å². The average Bonchev–Trinajstić information content (AvgIpc) is 1.00. The van der Waals surface area contributed by atoms with Crippen molar-refractivity contribution in [2.75, 3.05) is 39.6 Å². The van der Waals surface area contributed by atoms with E-state index in [9.17, 15) is 43.5 Å². The summed E-state index contributed by atoms with van der Waals surface area (Å²) in [6.45, 7) is 2.48. The van der Waals surface area contributed by atoms with E-state index in [1.165, 1.54) is 141 Å². The van der Waals surface area contributed by atoms with Gasteiger partial charge in [-0.1, -0.05) is 348 Å². The minimum atomic E-state index is -4.93. The maximum absolute atomic E-state index is 13.0. The van der Waals surface area contributed by atoms with Crippen LogP contribution in [0.3, 0.4) is 0 Å². The van der Waals surface area contributed by atoms with Gasteiger partial charge in [-0.15, -0.1) is 0 Å². The van der Waals surface area contributed by atoms with Gasteiger partial charge in [0.2, 0.25) is 0 Å². The maximum atomic E-state index is 13.0. The molecule has 0 heterocycles. The van der Waals surface area contributed by atoms with E-state index in [0.717, 1.165) is 154 Å². The molecule has 0 aliphatic rings. The zero-order chi connectivity index (χ0) is 76.6. The molecule has 0 rings (SSSR count). The van der Waals surface area contributed by atoms with Crippen LogP contribution in [-0.2, 0) is 55.8 Å². The number of aliphatic hydroxyl groups is 2. The second kappa shape index (κ2) is 79.5. The Morgan fingerprint density at radius 3 is 0.800 bits per heavy atom. The van der Waals surface area contributed by atoms with Crippen molar-refractivity contribution < 1.29 is 75.8 Å². The number of carbonyl (C=O) groups excluding carboxylic acids is 3. The molecular weight excluding hydrogens is 1360 g/mol. The van der Waals surface area contributed by atoms with Gasteiger partial charge in [-0.2, -0.15) is 0 Å². The molecular formula is C87H152O16P2. The normalized spacial score (nSPS) is 14.5. The van der Waals surface area contributed by atoms with Crippen molar-refractivity contribution in [3.8, 4) is 0 Å². The van der Waals surface area contributed by atoms with E-state index < -0.39 is 91.5 Å². The zero-order valence-corrected chi connectivity index (χ0v) is 68.2. The number of aliphatic hydroxyl groups excluding tert-OH is 2. The molecule has 18 heteroatoms. The summed E-state index contributed by atoms with van der Waals surface area (Å²) in [5.74, 6) is -1.57. The van der Waals surface area contributed by atoms with Crippen LogP contribution in [0.15, 0.2) is 122 Å². The average molecular weight is 1520 g/mol. The van der Waals surface area contributed by atoms with Crippen molar-refractivity contribution in [1.82, 2.24) is 0 Å². The van der Waals surface area contributed by atoms with Crippen LogP contribution in [0.5, 0.6) is 0 Å². The fraction of sp³-hybridized carbons (Fsp3) is 0.736. The van der Waals surface area contributed by atoms with Gasteiger partial charge in [0, 0.05) is 19.3 Å². The first-order valence-corrected chi connectivity index (χ1v) is 44.8. The molecule has 105 heavy (non-hydrogen) atoms. The van der Waals surface area contributed by atoms with Crippen LogP contribution < -0.4 is 0 Å². The first-order valence-electron chi connectivity index (χ1n) is 41.8. The number of hydrogen-bond acceptors (Lipinski definition) is 14. The molecule has 0 bridgehead atoms. The zero-order valence-electron chi connectivity index (χ0n) is 66.4. The number of hydrogen-bond donors (Lipinski definition) is 4. The van der Waals surface area contributed by atoms with Crippen molar-refractivity contribution in [2.45, 2.75) is 373 Å². The monoisotopic (exact) mass is 1520 g/mol.